The topological polar surface area (TPSA) is 193 Å². The van der Waals surface area contributed by atoms with Crippen LogP contribution in [0, 0.1) is 0 Å². The van der Waals surface area contributed by atoms with Gasteiger partial charge in [-0.3, -0.25) is 23.7 Å². The Bertz CT molecular complexity index is 1620. The van der Waals surface area contributed by atoms with Gasteiger partial charge in [0.05, 0.1) is 26.1 Å². The molecule has 3 heterocycles. The van der Waals surface area contributed by atoms with Crippen LogP contribution in [0.3, 0.4) is 0 Å². The number of imidazole rings is 1. The van der Waals surface area contributed by atoms with Crippen LogP contribution < -0.4 is 20.9 Å². The summed E-state index contributed by atoms with van der Waals surface area (Å²) < 4.78 is 37.6. The lowest BCUT2D eigenvalue weighted by Gasteiger charge is -2.25. The average Bonchev–Trinajstić information content (AvgIpc) is 3.50. The summed E-state index contributed by atoms with van der Waals surface area (Å²) in [5, 5.41) is 14.8. The van der Waals surface area contributed by atoms with Crippen LogP contribution in [0.25, 0.3) is 21.9 Å². The Labute approximate surface area is 221 Å². The number of hydrogen-bond donors (Lipinski definition) is 4. The van der Waals surface area contributed by atoms with Crippen molar-refractivity contribution in [1.82, 2.24) is 24.6 Å². The monoisotopic (exact) mass is 558 g/mol. The number of nitrogens with zero attached hydrogens (tertiary/aromatic N) is 3. The molecule has 2 aromatic heterocycles. The third-order valence-corrected chi connectivity index (χ3v) is 7.88. The van der Waals surface area contributed by atoms with Gasteiger partial charge in [0.15, 0.2) is 11.2 Å². The van der Waals surface area contributed by atoms with Crippen LogP contribution in [-0.4, -0.2) is 62.6 Å². The van der Waals surface area contributed by atoms with Crippen molar-refractivity contribution < 1.29 is 33.0 Å². The molecular formula is C24H27N6O8P. The normalized spacial score (nSPS) is 21.6. The van der Waals surface area contributed by atoms with Crippen LogP contribution in [-0.2, 0) is 23.4 Å². The number of esters is 1. The van der Waals surface area contributed by atoms with E-state index in [0.29, 0.717) is 5.39 Å². The molecule has 1 fully saturated rings. The zero-order valence-electron chi connectivity index (χ0n) is 21.0. The molecule has 0 bridgehead atoms. The van der Waals surface area contributed by atoms with Crippen molar-refractivity contribution in [1.29, 1.82) is 0 Å². The maximum absolute atomic E-state index is 13.9. The SMILES string of the molecule is COC(=O)[C@H](C)NP(=O)(OC[C@H]1O[C@@H](n2cnc3c(=O)[nH]c(N)nc32)C[C@H]1O)Oc1cccc2ccccc12. The van der Waals surface area contributed by atoms with Crippen LogP contribution in [0.1, 0.15) is 19.6 Å². The number of methoxy groups -OCH3 is 1. The second-order valence-corrected chi connectivity index (χ2v) is 10.6. The zero-order valence-corrected chi connectivity index (χ0v) is 21.9. The van der Waals surface area contributed by atoms with Crippen molar-refractivity contribution in [3.8, 4) is 5.75 Å². The van der Waals surface area contributed by atoms with Gasteiger partial charge in [-0.25, -0.2) is 9.55 Å². The number of ether oxygens (including phenoxy) is 2. The Balaban J connectivity index is 1.36. The van der Waals surface area contributed by atoms with Gasteiger partial charge in [0.2, 0.25) is 5.95 Å². The van der Waals surface area contributed by atoms with Crippen molar-refractivity contribution in [3.63, 3.8) is 0 Å². The summed E-state index contributed by atoms with van der Waals surface area (Å²) in [5.41, 5.74) is 5.41. The van der Waals surface area contributed by atoms with E-state index in [1.54, 1.807) is 18.2 Å². The number of aromatic nitrogens is 4. The highest BCUT2D eigenvalue weighted by Crippen LogP contribution is 2.47. The third kappa shape index (κ3) is 5.51. The molecule has 1 saturated heterocycles. The minimum absolute atomic E-state index is 0.0657. The minimum atomic E-state index is -4.22. The largest absolute Gasteiger partial charge is 0.468 e. The summed E-state index contributed by atoms with van der Waals surface area (Å²) in [5.74, 6) is -0.498. The van der Waals surface area contributed by atoms with Gasteiger partial charge in [-0.1, -0.05) is 36.4 Å². The van der Waals surface area contributed by atoms with Gasteiger partial charge >= 0.3 is 13.7 Å². The summed E-state index contributed by atoms with van der Waals surface area (Å²) in [6.07, 6.45) is -1.26. The van der Waals surface area contributed by atoms with E-state index in [1.165, 1.54) is 24.9 Å². The maximum Gasteiger partial charge on any atom is 0.459 e. The van der Waals surface area contributed by atoms with Gasteiger partial charge in [-0.15, -0.1) is 0 Å². The number of nitrogen functional groups attached to an aromatic ring is 1. The molecule has 1 aliphatic rings. The van der Waals surface area contributed by atoms with E-state index >= 15 is 0 Å². The summed E-state index contributed by atoms with van der Waals surface area (Å²) in [6.45, 7) is 1.10. The van der Waals surface area contributed by atoms with Gasteiger partial charge in [0.1, 0.15) is 24.1 Å². The molecule has 1 unspecified atom stereocenters. The lowest BCUT2D eigenvalue weighted by molar-refractivity contribution is -0.142. The molecule has 0 aliphatic carbocycles. The molecule has 5 N–H and O–H groups in total. The summed E-state index contributed by atoms with van der Waals surface area (Å²) in [6, 6.07) is 11.5. The number of hydrogen-bond acceptors (Lipinski definition) is 11. The van der Waals surface area contributed by atoms with Crippen molar-refractivity contribution in [2.75, 3.05) is 19.5 Å². The Morgan fingerprint density at radius 3 is 2.90 bits per heavy atom. The molecule has 5 atom stereocenters. The molecule has 0 spiro atoms. The molecule has 206 valence electrons. The number of aliphatic hydroxyl groups excluding tert-OH is 1. The molecule has 0 amide bonds. The number of nitrogens with one attached hydrogen (secondary N) is 2. The molecule has 5 rings (SSSR count). The van der Waals surface area contributed by atoms with Crippen LogP contribution in [0.5, 0.6) is 5.75 Å². The molecule has 0 radical (unpaired) electrons. The highest BCUT2D eigenvalue weighted by molar-refractivity contribution is 7.52. The van der Waals surface area contributed by atoms with Crippen LogP contribution in [0.4, 0.5) is 5.95 Å². The Morgan fingerprint density at radius 2 is 2.10 bits per heavy atom. The summed E-state index contributed by atoms with van der Waals surface area (Å²) >= 11 is 0. The molecule has 39 heavy (non-hydrogen) atoms. The maximum atomic E-state index is 13.9. The van der Waals surface area contributed by atoms with Crippen molar-refractivity contribution in [2.45, 2.75) is 37.8 Å². The molecule has 0 saturated carbocycles. The lowest BCUT2D eigenvalue weighted by atomic mass is 10.1. The van der Waals surface area contributed by atoms with Crippen molar-refractivity contribution >= 4 is 41.6 Å². The van der Waals surface area contributed by atoms with Crippen LogP contribution in [0.2, 0.25) is 0 Å². The number of benzene rings is 2. The first-order chi connectivity index (χ1) is 18.7. The first-order valence-electron chi connectivity index (χ1n) is 12.0. The van der Waals surface area contributed by atoms with Crippen molar-refractivity contribution in [2.24, 2.45) is 0 Å². The van der Waals surface area contributed by atoms with E-state index in [1.807, 2.05) is 24.3 Å². The van der Waals surface area contributed by atoms with Gasteiger partial charge < -0.3 is 24.8 Å². The van der Waals surface area contributed by atoms with Gasteiger partial charge in [-0.2, -0.15) is 10.1 Å². The van der Waals surface area contributed by atoms with Gasteiger partial charge in [-0.05, 0) is 18.4 Å². The van der Waals surface area contributed by atoms with E-state index in [-0.39, 0.29) is 35.9 Å². The Hall–Kier alpha value is -3.81. The summed E-state index contributed by atoms with van der Waals surface area (Å²) in [4.78, 5) is 34.7. The molecular weight excluding hydrogens is 531 g/mol. The van der Waals surface area contributed by atoms with Gasteiger partial charge in [0.25, 0.3) is 5.56 Å². The number of carbonyl (C=O) groups is 1. The predicted molar refractivity (Wildman–Crippen MR) is 140 cm³/mol. The number of anilines is 1. The predicted octanol–water partition coefficient (Wildman–Crippen LogP) is 1.86. The Morgan fingerprint density at radius 1 is 1.33 bits per heavy atom. The molecule has 1 aliphatic heterocycles. The fraction of sp³-hybridized carbons (Fsp3) is 0.333. The quantitative estimate of drug-likeness (QED) is 0.172. The molecule has 14 nitrogen and oxygen atoms in total. The minimum Gasteiger partial charge on any atom is -0.468 e. The number of aliphatic hydroxyl groups is 1. The number of fused-ring (bicyclic) bond motifs is 2. The second-order valence-electron chi connectivity index (χ2n) is 8.94. The van der Waals surface area contributed by atoms with Crippen LogP contribution >= 0.6 is 7.75 Å². The highest BCUT2D eigenvalue weighted by atomic mass is 31.2. The van der Waals surface area contributed by atoms with Crippen molar-refractivity contribution in [3.05, 3.63) is 59.1 Å². The molecule has 15 heteroatoms. The van der Waals surface area contributed by atoms with Crippen LogP contribution in [0.15, 0.2) is 53.6 Å². The smallest absolute Gasteiger partial charge is 0.459 e. The first kappa shape index (κ1) is 26.8. The molecule has 2 aromatic carbocycles. The molecule has 4 aromatic rings. The number of nitrogens with two attached hydrogens (primary N) is 1. The van der Waals surface area contributed by atoms with E-state index < -0.39 is 43.8 Å². The van der Waals surface area contributed by atoms with Gasteiger partial charge in [0, 0.05) is 11.8 Å². The fourth-order valence-electron chi connectivity index (χ4n) is 4.32. The van der Waals surface area contributed by atoms with E-state index in [2.05, 4.69) is 20.0 Å². The average molecular weight is 558 g/mol. The number of H-pyrrole nitrogens is 1. The fourth-order valence-corrected chi connectivity index (χ4v) is 5.84. The Kier molecular flexibility index (Phi) is 7.38. The lowest BCUT2D eigenvalue weighted by Crippen LogP contribution is -2.36. The van der Waals surface area contributed by atoms with E-state index in [4.69, 9.17) is 24.3 Å². The third-order valence-electron chi connectivity index (χ3n) is 6.25. The number of carbonyl (C=O) groups excluding carboxylic acids is 1. The second kappa shape index (κ2) is 10.8. The number of rotatable bonds is 9. The standard InChI is InChI=1S/C24H27N6O8P/c1-13(23(33)35-2)29-39(34,38-17-9-5-7-14-6-3-4-8-15(14)17)36-11-18-16(31)10-19(37-18)30-12-26-20-21(30)27-24(25)28-22(20)32/h3-9,12-13,16,18-19,31H,10-11H2,1-2H3,(H,29,34)(H3,25,27,28,32)/t13-,16+,18+,19+,39?/m0/s1. The summed E-state index contributed by atoms with van der Waals surface area (Å²) in [7, 11) is -3.01. The highest BCUT2D eigenvalue weighted by Gasteiger charge is 2.40. The first-order valence-corrected chi connectivity index (χ1v) is 13.5. The van der Waals surface area contributed by atoms with E-state index in [9.17, 15) is 19.3 Å². The van der Waals surface area contributed by atoms with E-state index in [0.717, 1.165) is 5.39 Å². The number of aromatic amines is 1. The zero-order chi connectivity index (χ0) is 27.7.